The lowest BCUT2D eigenvalue weighted by molar-refractivity contribution is -0.159. The molecule has 1 aliphatic rings. The molecule has 1 unspecified atom stereocenters. The highest BCUT2D eigenvalue weighted by molar-refractivity contribution is 6.27. The van der Waals surface area contributed by atoms with Gasteiger partial charge in [0.1, 0.15) is 5.82 Å². The van der Waals surface area contributed by atoms with Crippen molar-refractivity contribution in [2.45, 2.75) is 18.9 Å². The van der Waals surface area contributed by atoms with Crippen molar-refractivity contribution < 1.29 is 48.7 Å². The number of halogens is 1. The first-order valence-electron chi connectivity index (χ1n) is 7.37. The van der Waals surface area contributed by atoms with Crippen LogP contribution < -0.4 is 11.1 Å². The maximum Gasteiger partial charge on any atom is 0.414 e. The summed E-state index contributed by atoms with van der Waals surface area (Å²) in [5.41, 5.74) is 6.38. The molecule has 7 N–H and O–H groups in total. The highest BCUT2D eigenvalue weighted by Gasteiger charge is 2.15. The number of nitrogen functional groups attached to an aromatic ring is 1. The van der Waals surface area contributed by atoms with Crippen LogP contribution in [0.15, 0.2) is 18.2 Å². The van der Waals surface area contributed by atoms with Crippen LogP contribution in [-0.4, -0.2) is 63.6 Å². The Balaban J connectivity index is 0.000000470. The molecular weight excluding hydrogens is 371 g/mol. The number of anilines is 2. The van der Waals surface area contributed by atoms with E-state index in [0.717, 1.165) is 19.4 Å². The smallest absolute Gasteiger partial charge is 0.414 e. The van der Waals surface area contributed by atoms with Crippen molar-refractivity contribution in [3.05, 3.63) is 24.0 Å². The lowest BCUT2D eigenvalue weighted by atomic mass is 10.2. The number of rotatable bonds is 3. The minimum Gasteiger partial charge on any atom is -0.473 e. The second-order valence-corrected chi connectivity index (χ2v) is 4.98. The van der Waals surface area contributed by atoms with Crippen LogP contribution in [0.1, 0.15) is 12.8 Å². The topological polar surface area (TPSA) is 196 Å². The number of benzene rings is 1. The molecule has 0 amide bonds. The summed E-state index contributed by atoms with van der Waals surface area (Å²) in [6, 6.07) is 4.65. The van der Waals surface area contributed by atoms with Crippen molar-refractivity contribution in [2.24, 2.45) is 0 Å². The van der Waals surface area contributed by atoms with E-state index in [2.05, 4.69) is 5.32 Å². The number of carboxylic acid groups (broad SMARTS) is 4. The molecule has 12 heteroatoms. The molecule has 0 aromatic heterocycles. The third-order valence-electron chi connectivity index (χ3n) is 2.90. The molecule has 0 saturated carbocycles. The van der Waals surface area contributed by atoms with Crippen molar-refractivity contribution in [2.75, 3.05) is 24.2 Å². The summed E-state index contributed by atoms with van der Waals surface area (Å²) < 4.78 is 18.8. The SMILES string of the molecule is Nc1ccc(NCC2CCCO2)c(F)c1.O=C(O)C(=O)O.O=C(O)C(=O)O. The zero-order valence-corrected chi connectivity index (χ0v) is 13.9. The average Bonchev–Trinajstić information content (AvgIpc) is 3.08. The van der Waals surface area contributed by atoms with Gasteiger partial charge >= 0.3 is 23.9 Å². The monoisotopic (exact) mass is 390 g/mol. The first kappa shape index (κ1) is 23.6. The van der Waals surface area contributed by atoms with Gasteiger partial charge in [0.15, 0.2) is 0 Å². The van der Waals surface area contributed by atoms with Crippen molar-refractivity contribution in [3.8, 4) is 0 Å². The molecule has 1 saturated heterocycles. The maximum atomic E-state index is 13.3. The second-order valence-electron chi connectivity index (χ2n) is 4.98. The number of hydrogen-bond acceptors (Lipinski definition) is 7. The third kappa shape index (κ3) is 10.9. The molecule has 0 spiro atoms. The van der Waals surface area contributed by atoms with E-state index in [-0.39, 0.29) is 11.9 Å². The van der Waals surface area contributed by atoms with Crippen LogP contribution in [0.2, 0.25) is 0 Å². The van der Waals surface area contributed by atoms with Crippen LogP contribution in [0, 0.1) is 5.82 Å². The van der Waals surface area contributed by atoms with Gasteiger partial charge < -0.3 is 36.2 Å². The van der Waals surface area contributed by atoms with E-state index in [1.54, 1.807) is 12.1 Å². The van der Waals surface area contributed by atoms with Gasteiger partial charge in [-0.3, -0.25) is 0 Å². The Morgan fingerprint density at radius 1 is 1.07 bits per heavy atom. The summed E-state index contributed by atoms with van der Waals surface area (Å²) in [6.45, 7) is 1.47. The Hall–Kier alpha value is -3.41. The van der Waals surface area contributed by atoms with Gasteiger partial charge in [0.2, 0.25) is 0 Å². The van der Waals surface area contributed by atoms with Gasteiger partial charge in [-0.25, -0.2) is 23.6 Å². The standard InChI is InChI=1S/C11H15FN2O.2C2H2O4/c12-10-6-8(13)3-4-11(10)14-7-9-2-1-5-15-9;2*3-1(4)2(5)6/h3-4,6,9,14H,1-2,5,7,13H2;2*(H,3,4)(H,5,6). The summed E-state index contributed by atoms with van der Waals surface area (Å²) >= 11 is 0. The fourth-order valence-electron chi connectivity index (χ4n) is 1.70. The van der Waals surface area contributed by atoms with Crippen molar-refractivity contribution in [3.63, 3.8) is 0 Å². The zero-order chi connectivity index (χ0) is 21.0. The van der Waals surface area contributed by atoms with E-state index in [9.17, 15) is 4.39 Å². The molecule has 1 atom stereocenters. The molecule has 1 aromatic rings. The lowest BCUT2D eigenvalue weighted by Crippen LogP contribution is -2.18. The van der Waals surface area contributed by atoms with Gasteiger partial charge in [-0.15, -0.1) is 0 Å². The van der Waals surface area contributed by atoms with E-state index < -0.39 is 23.9 Å². The molecule has 0 aliphatic carbocycles. The van der Waals surface area contributed by atoms with Crippen molar-refractivity contribution in [1.29, 1.82) is 0 Å². The molecule has 27 heavy (non-hydrogen) atoms. The number of carbonyl (C=O) groups is 4. The molecule has 1 heterocycles. The second kappa shape index (κ2) is 12.0. The molecule has 0 bridgehead atoms. The largest absolute Gasteiger partial charge is 0.473 e. The Kier molecular flexibility index (Phi) is 10.5. The molecular formula is C15H19FN2O9. The summed E-state index contributed by atoms with van der Waals surface area (Å²) in [7, 11) is 0. The quantitative estimate of drug-likeness (QED) is 0.307. The van der Waals surface area contributed by atoms with Crippen LogP contribution in [0.3, 0.4) is 0 Å². The van der Waals surface area contributed by atoms with Gasteiger partial charge in [-0.05, 0) is 31.0 Å². The van der Waals surface area contributed by atoms with E-state index in [1.165, 1.54) is 6.07 Å². The van der Waals surface area contributed by atoms with Gasteiger partial charge in [-0.2, -0.15) is 0 Å². The average molecular weight is 390 g/mol. The molecule has 150 valence electrons. The van der Waals surface area contributed by atoms with Gasteiger partial charge in [0.25, 0.3) is 0 Å². The zero-order valence-electron chi connectivity index (χ0n) is 13.9. The van der Waals surface area contributed by atoms with Crippen LogP contribution in [0.4, 0.5) is 15.8 Å². The van der Waals surface area contributed by atoms with E-state index >= 15 is 0 Å². The first-order chi connectivity index (χ1) is 12.5. The Morgan fingerprint density at radius 2 is 1.59 bits per heavy atom. The molecule has 0 radical (unpaired) electrons. The Bertz CT molecular complexity index is 627. The van der Waals surface area contributed by atoms with Crippen LogP contribution in [0.5, 0.6) is 0 Å². The van der Waals surface area contributed by atoms with Gasteiger partial charge in [0.05, 0.1) is 11.8 Å². The Labute approximate surface area is 152 Å². The fraction of sp³-hybridized carbons (Fsp3) is 0.333. The predicted molar refractivity (Wildman–Crippen MR) is 88.8 cm³/mol. The highest BCUT2D eigenvalue weighted by Crippen LogP contribution is 2.18. The number of nitrogens with one attached hydrogen (secondary N) is 1. The minimum atomic E-state index is -1.82. The molecule has 11 nitrogen and oxygen atoms in total. The van der Waals surface area contributed by atoms with E-state index in [4.69, 9.17) is 50.1 Å². The maximum absolute atomic E-state index is 13.3. The van der Waals surface area contributed by atoms with Gasteiger partial charge in [-0.1, -0.05) is 0 Å². The van der Waals surface area contributed by atoms with Crippen molar-refractivity contribution >= 4 is 35.3 Å². The molecule has 1 fully saturated rings. The minimum absolute atomic E-state index is 0.210. The third-order valence-corrected chi connectivity index (χ3v) is 2.90. The summed E-state index contributed by atoms with van der Waals surface area (Å²) in [4.78, 5) is 36.4. The number of nitrogens with two attached hydrogens (primary N) is 1. The van der Waals surface area contributed by atoms with Gasteiger partial charge in [0, 0.05) is 18.8 Å². The first-order valence-corrected chi connectivity index (χ1v) is 7.37. The van der Waals surface area contributed by atoms with E-state index in [1.807, 2.05) is 0 Å². The van der Waals surface area contributed by atoms with Crippen molar-refractivity contribution in [1.82, 2.24) is 0 Å². The normalized spacial score (nSPS) is 14.6. The van der Waals surface area contributed by atoms with Crippen LogP contribution in [-0.2, 0) is 23.9 Å². The number of carboxylic acids is 4. The van der Waals surface area contributed by atoms with Crippen LogP contribution in [0.25, 0.3) is 0 Å². The highest BCUT2D eigenvalue weighted by atomic mass is 19.1. The van der Waals surface area contributed by atoms with Crippen LogP contribution >= 0.6 is 0 Å². The molecule has 1 aromatic carbocycles. The Morgan fingerprint density at radius 3 is 1.96 bits per heavy atom. The number of aliphatic carboxylic acids is 4. The van der Waals surface area contributed by atoms with E-state index in [0.29, 0.717) is 17.9 Å². The number of ether oxygens (including phenoxy) is 1. The fourth-order valence-corrected chi connectivity index (χ4v) is 1.70. The molecule has 2 rings (SSSR count). The summed E-state index contributed by atoms with van der Waals surface area (Å²) in [5.74, 6) is -7.61. The summed E-state index contributed by atoms with van der Waals surface area (Å²) in [6.07, 6.45) is 2.35. The molecule has 1 aliphatic heterocycles. The lowest BCUT2D eigenvalue weighted by Gasteiger charge is -2.12. The number of hydrogen-bond donors (Lipinski definition) is 6. The predicted octanol–water partition coefficient (Wildman–Crippen LogP) is 0.310. The summed E-state index contributed by atoms with van der Waals surface area (Å²) in [5, 5.41) is 32.6.